The normalized spacial score (nSPS) is 13.2. The van der Waals surface area contributed by atoms with Gasteiger partial charge >= 0.3 is 0 Å². The summed E-state index contributed by atoms with van der Waals surface area (Å²) in [5, 5.41) is 0.719. The number of halogens is 2. The van der Waals surface area contributed by atoms with Crippen molar-refractivity contribution >= 4 is 15.9 Å². The van der Waals surface area contributed by atoms with Gasteiger partial charge in [-0.05, 0) is 31.5 Å². The zero-order chi connectivity index (χ0) is 10.6. The number of benzene rings is 1. The highest BCUT2D eigenvalue weighted by Gasteiger charge is 2.11. The Morgan fingerprint density at radius 2 is 1.86 bits per heavy atom. The standard InChI is InChI=1S/C11H14BrFO/c1-8(2)14-11(7-12)9-3-5-10(13)6-4-9/h3-6,8,11H,7H2,1-2H3. The quantitative estimate of drug-likeness (QED) is 0.751. The third-order valence-corrected chi connectivity index (χ3v) is 2.41. The first kappa shape index (κ1) is 11.7. The highest BCUT2D eigenvalue weighted by Crippen LogP contribution is 2.21. The van der Waals surface area contributed by atoms with E-state index in [2.05, 4.69) is 15.9 Å². The molecule has 0 N–H and O–H groups in total. The molecule has 1 rings (SSSR count). The van der Waals surface area contributed by atoms with E-state index >= 15 is 0 Å². The second-order valence-corrected chi connectivity index (χ2v) is 4.03. The lowest BCUT2D eigenvalue weighted by Crippen LogP contribution is -2.11. The molecule has 1 unspecified atom stereocenters. The zero-order valence-corrected chi connectivity index (χ0v) is 9.92. The van der Waals surface area contributed by atoms with E-state index in [4.69, 9.17) is 4.74 Å². The third kappa shape index (κ3) is 3.39. The average Bonchev–Trinajstić information content (AvgIpc) is 2.15. The van der Waals surface area contributed by atoms with Crippen LogP contribution in [0.4, 0.5) is 4.39 Å². The molecule has 0 amide bonds. The van der Waals surface area contributed by atoms with Gasteiger partial charge in [0.1, 0.15) is 5.82 Å². The van der Waals surface area contributed by atoms with E-state index in [1.807, 2.05) is 13.8 Å². The van der Waals surface area contributed by atoms with E-state index in [9.17, 15) is 4.39 Å². The van der Waals surface area contributed by atoms with Gasteiger partial charge in [0.2, 0.25) is 0 Å². The van der Waals surface area contributed by atoms with Crippen molar-refractivity contribution in [2.75, 3.05) is 5.33 Å². The maximum atomic E-state index is 12.7. The van der Waals surface area contributed by atoms with Gasteiger partial charge in [-0.15, -0.1) is 0 Å². The molecular weight excluding hydrogens is 247 g/mol. The number of hydrogen-bond donors (Lipinski definition) is 0. The van der Waals surface area contributed by atoms with Crippen LogP contribution in [0.2, 0.25) is 0 Å². The fraction of sp³-hybridized carbons (Fsp3) is 0.455. The summed E-state index contributed by atoms with van der Waals surface area (Å²) in [6.07, 6.45) is 0.165. The summed E-state index contributed by atoms with van der Waals surface area (Å²) < 4.78 is 18.3. The molecule has 0 aromatic heterocycles. The van der Waals surface area contributed by atoms with Crippen LogP contribution in [-0.2, 0) is 4.74 Å². The summed E-state index contributed by atoms with van der Waals surface area (Å²) in [6.45, 7) is 3.97. The second kappa shape index (κ2) is 5.47. The Morgan fingerprint density at radius 3 is 2.29 bits per heavy atom. The second-order valence-electron chi connectivity index (χ2n) is 3.38. The van der Waals surface area contributed by atoms with Crippen molar-refractivity contribution in [3.63, 3.8) is 0 Å². The Kier molecular flexibility index (Phi) is 4.55. The zero-order valence-electron chi connectivity index (χ0n) is 8.34. The predicted molar refractivity (Wildman–Crippen MR) is 59.2 cm³/mol. The first-order valence-electron chi connectivity index (χ1n) is 4.60. The minimum atomic E-state index is -0.216. The van der Waals surface area contributed by atoms with Crippen LogP contribution >= 0.6 is 15.9 Å². The number of ether oxygens (including phenoxy) is 1. The van der Waals surface area contributed by atoms with Crippen LogP contribution in [0.1, 0.15) is 25.5 Å². The molecule has 0 aliphatic rings. The molecule has 1 aromatic carbocycles. The molecular formula is C11H14BrFO. The van der Waals surface area contributed by atoms with Gasteiger partial charge in [-0.3, -0.25) is 0 Å². The van der Waals surface area contributed by atoms with Crippen molar-refractivity contribution < 1.29 is 9.13 Å². The van der Waals surface area contributed by atoms with Gasteiger partial charge in [0.25, 0.3) is 0 Å². The highest BCUT2D eigenvalue weighted by molar-refractivity contribution is 9.09. The maximum Gasteiger partial charge on any atom is 0.123 e. The van der Waals surface area contributed by atoms with Crippen molar-refractivity contribution in [2.24, 2.45) is 0 Å². The molecule has 0 aliphatic carbocycles. The molecule has 0 spiro atoms. The predicted octanol–water partition coefficient (Wildman–Crippen LogP) is 3.69. The third-order valence-electron chi connectivity index (χ3n) is 1.82. The molecule has 0 saturated heterocycles. The lowest BCUT2D eigenvalue weighted by atomic mass is 10.1. The fourth-order valence-corrected chi connectivity index (χ4v) is 1.74. The SMILES string of the molecule is CC(C)OC(CBr)c1ccc(F)cc1. The molecule has 0 bridgehead atoms. The molecule has 0 aliphatic heterocycles. The summed E-state index contributed by atoms with van der Waals surface area (Å²) in [7, 11) is 0. The van der Waals surface area contributed by atoms with E-state index < -0.39 is 0 Å². The maximum absolute atomic E-state index is 12.7. The van der Waals surface area contributed by atoms with Crippen LogP contribution in [0.3, 0.4) is 0 Å². The van der Waals surface area contributed by atoms with Crippen molar-refractivity contribution in [1.82, 2.24) is 0 Å². The summed E-state index contributed by atoms with van der Waals surface area (Å²) in [4.78, 5) is 0. The number of rotatable bonds is 4. The van der Waals surface area contributed by atoms with Crippen molar-refractivity contribution in [3.05, 3.63) is 35.6 Å². The van der Waals surface area contributed by atoms with Crippen LogP contribution in [0.25, 0.3) is 0 Å². The van der Waals surface area contributed by atoms with E-state index in [1.165, 1.54) is 12.1 Å². The highest BCUT2D eigenvalue weighted by atomic mass is 79.9. The lowest BCUT2D eigenvalue weighted by Gasteiger charge is -2.18. The summed E-state index contributed by atoms with van der Waals surface area (Å²) >= 11 is 3.38. The topological polar surface area (TPSA) is 9.23 Å². The monoisotopic (exact) mass is 260 g/mol. The molecule has 1 atom stereocenters. The number of alkyl halides is 1. The van der Waals surface area contributed by atoms with Gasteiger partial charge in [-0.1, -0.05) is 28.1 Å². The van der Waals surface area contributed by atoms with E-state index in [1.54, 1.807) is 12.1 Å². The molecule has 1 nitrogen and oxygen atoms in total. The Hall–Kier alpha value is -0.410. The van der Waals surface area contributed by atoms with Gasteiger partial charge in [0.15, 0.2) is 0 Å². The Balaban J connectivity index is 2.73. The minimum absolute atomic E-state index is 0.00407. The number of hydrogen-bond acceptors (Lipinski definition) is 1. The van der Waals surface area contributed by atoms with E-state index in [0.29, 0.717) is 0 Å². The lowest BCUT2D eigenvalue weighted by molar-refractivity contribution is 0.0214. The van der Waals surface area contributed by atoms with Gasteiger partial charge in [-0.25, -0.2) is 4.39 Å². The molecule has 1 aromatic rings. The smallest absolute Gasteiger partial charge is 0.123 e. The largest absolute Gasteiger partial charge is 0.370 e. The van der Waals surface area contributed by atoms with Gasteiger partial charge in [0, 0.05) is 5.33 Å². The van der Waals surface area contributed by atoms with Crippen LogP contribution in [0, 0.1) is 5.82 Å². The average molecular weight is 261 g/mol. The Bertz CT molecular complexity index is 271. The van der Waals surface area contributed by atoms with Gasteiger partial charge in [0.05, 0.1) is 12.2 Å². The van der Waals surface area contributed by atoms with Crippen LogP contribution in [0.15, 0.2) is 24.3 Å². The van der Waals surface area contributed by atoms with Crippen LogP contribution < -0.4 is 0 Å². The fourth-order valence-electron chi connectivity index (χ4n) is 1.21. The molecule has 14 heavy (non-hydrogen) atoms. The molecule has 3 heteroatoms. The molecule has 0 heterocycles. The minimum Gasteiger partial charge on any atom is -0.370 e. The molecule has 78 valence electrons. The van der Waals surface area contributed by atoms with Gasteiger partial charge < -0.3 is 4.74 Å². The van der Waals surface area contributed by atoms with E-state index in [0.717, 1.165) is 10.9 Å². The first-order valence-corrected chi connectivity index (χ1v) is 5.72. The van der Waals surface area contributed by atoms with Crippen molar-refractivity contribution in [1.29, 1.82) is 0 Å². The summed E-state index contributed by atoms with van der Waals surface area (Å²) in [5.41, 5.74) is 0.997. The Morgan fingerprint density at radius 1 is 1.29 bits per heavy atom. The van der Waals surface area contributed by atoms with Crippen molar-refractivity contribution in [2.45, 2.75) is 26.1 Å². The Labute approximate surface area is 92.4 Å². The molecule has 0 fully saturated rings. The van der Waals surface area contributed by atoms with Crippen LogP contribution in [-0.4, -0.2) is 11.4 Å². The van der Waals surface area contributed by atoms with E-state index in [-0.39, 0.29) is 18.0 Å². The van der Waals surface area contributed by atoms with Crippen molar-refractivity contribution in [3.8, 4) is 0 Å². The molecule has 0 radical (unpaired) electrons. The van der Waals surface area contributed by atoms with Gasteiger partial charge in [-0.2, -0.15) is 0 Å². The summed E-state index contributed by atoms with van der Waals surface area (Å²) in [6, 6.07) is 6.41. The summed E-state index contributed by atoms with van der Waals surface area (Å²) in [5.74, 6) is -0.216. The van der Waals surface area contributed by atoms with Crippen LogP contribution in [0.5, 0.6) is 0 Å². The first-order chi connectivity index (χ1) is 6.63. The molecule has 0 saturated carbocycles.